The predicted molar refractivity (Wildman–Crippen MR) is 150 cm³/mol. The van der Waals surface area contributed by atoms with Crippen molar-refractivity contribution in [1.29, 1.82) is 0 Å². The number of amides is 2. The maximum Gasteiger partial charge on any atom is 0.310 e. The summed E-state index contributed by atoms with van der Waals surface area (Å²) in [6.45, 7) is 12.3. The molecule has 0 aromatic heterocycles. The molecule has 38 heavy (non-hydrogen) atoms. The number of ether oxygens (including phenoxy) is 1. The molecule has 4 rings (SSSR count). The first-order valence-corrected chi connectivity index (χ1v) is 14.4. The number of hydrogen-bond donors (Lipinski definition) is 0. The van der Waals surface area contributed by atoms with Crippen LogP contribution in [0, 0.1) is 12.8 Å². The molecule has 0 aliphatic carbocycles. The number of carbonyl (C=O) groups is 3. The van der Waals surface area contributed by atoms with Crippen molar-refractivity contribution in [2.75, 3.05) is 32.8 Å². The van der Waals surface area contributed by atoms with E-state index >= 15 is 0 Å². The van der Waals surface area contributed by atoms with Crippen molar-refractivity contribution >= 4 is 34.7 Å². The van der Waals surface area contributed by atoms with Gasteiger partial charge in [0.05, 0.1) is 36.3 Å². The van der Waals surface area contributed by atoms with Crippen LogP contribution >= 0.6 is 11.8 Å². The van der Waals surface area contributed by atoms with Crippen molar-refractivity contribution in [1.82, 2.24) is 14.7 Å². The number of benzene rings is 1. The molecule has 1 fully saturated rings. The molecular weight excluding hydrogens is 500 g/mol. The van der Waals surface area contributed by atoms with Crippen molar-refractivity contribution in [3.63, 3.8) is 0 Å². The van der Waals surface area contributed by atoms with E-state index in [1.165, 1.54) is 11.8 Å². The topological polar surface area (TPSA) is 82.5 Å². The van der Waals surface area contributed by atoms with Gasteiger partial charge in [0, 0.05) is 31.9 Å². The molecule has 1 aromatic rings. The largest absolute Gasteiger partial charge is 0.466 e. The lowest BCUT2D eigenvalue weighted by Gasteiger charge is -2.38. The molecule has 2 unspecified atom stereocenters. The number of amidine groups is 1. The van der Waals surface area contributed by atoms with E-state index in [2.05, 4.69) is 29.2 Å². The zero-order valence-electron chi connectivity index (χ0n) is 23.0. The Hall–Kier alpha value is -3.07. The highest BCUT2D eigenvalue weighted by molar-refractivity contribution is 8.16. The molecule has 0 radical (unpaired) electrons. The van der Waals surface area contributed by atoms with E-state index in [1.54, 1.807) is 11.8 Å². The SMILES string of the molecule is CCOC(=O)C1CCCN(C(=O)CC2=CSC3=NC(C)=C(C(=O)N(CC)CC)C(c4ccc(C)cc4)N23)C1. The van der Waals surface area contributed by atoms with Crippen LogP contribution in [0.5, 0.6) is 0 Å². The molecule has 8 nitrogen and oxygen atoms in total. The minimum Gasteiger partial charge on any atom is -0.466 e. The summed E-state index contributed by atoms with van der Waals surface area (Å²) in [4.78, 5) is 50.1. The van der Waals surface area contributed by atoms with Crippen LogP contribution in [0.1, 0.15) is 64.1 Å². The quantitative estimate of drug-likeness (QED) is 0.449. The summed E-state index contributed by atoms with van der Waals surface area (Å²) in [7, 11) is 0. The van der Waals surface area contributed by atoms with Crippen LogP contribution in [0.2, 0.25) is 0 Å². The average Bonchev–Trinajstić information content (AvgIpc) is 3.30. The van der Waals surface area contributed by atoms with Gasteiger partial charge in [-0.15, -0.1) is 0 Å². The minimum atomic E-state index is -0.376. The molecule has 1 aromatic carbocycles. The van der Waals surface area contributed by atoms with E-state index in [9.17, 15) is 14.4 Å². The molecular formula is C29H38N4O4S. The van der Waals surface area contributed by atoms with Crippen LogP contribution < -0.4 is 0 Å². The van der Waals surface area contributed by atoms with Crippen molar-refractivity contribution in [3.05, 3.63) is 57.8 Å². The van der Waals surface area contributed by atoms with E-state index < -0.39 is 0 Å². The predicted octanol–water partition coefficient (Wildman–Crippen LogP) is 4.63. The number of aliphatic imine (C=N–C) groups is 1. The second-order valence-corrected chi connectivity index (χ2v) is 10.7. The highest BCUT2D eigenvalue weighted by atomic mass is 32.2. The fourth-order valence-electron chi connectivity index (χ4n) is 5.31. The van der Waals surface area contributed by atoms with Gasteiger partial charge in [-0.3, -0.25) is 14.4 Å². The molecule has 0 N–H and O–H groups in total. The summed E-state index contributed by atoms with van der Waals surface area (Å²) in [5, 5.41) is 2.75. The van der Waals surface area contributed by atoms with Crippen LogP contribution in [0.15, 0.2) is 51.6 Å². The maximum absolute atomic E-state index is 13.8. The molecule has 2 atom stereocenters. The zero-order valence-corrected chi connectivity index (χ0v) is 23.8. The second-order valence-electron chi connectivity index (χ2n) is 9.89. The van der Waals surface area contributed by atoms with Crippen LogP contribution in [0.4, 0.5) is 0 Å². The first-order chi connectivity index (χ1) is 18.3. The smallest absolute Gasteiger partial charge is 0.310 e. The Morgan fingerprint density at radius 1 is 1.11 bits per heavy atom. The second kappa shape index (κ2) is 12.2. The van der Waals surface area contributed by atoms with Gasteiger partial charge in [-0.05, 0) is 58.4 Å². The lowest BCUT2D eigenvalue weighted by molar-refractivity contribution is -0.151. The van der Waals surface area contributed by atoms with E-state index in [1.807, 2.05) is 38.0 Å². The summed E-state index contributed by atoms with van der Waals surface area (Å²) in [5.41, 5.74) is 4.29. The molecule has 204 valence electrons. The molecule has 2 amide bonds. The minimum absolute atomic E-state index is 0.0300. The molecule has 0 saturated carbocycles. The summed E-state index contributed by atoms with van der Waals surface area (Å²) in [5.74, 6) is -0.573. The summed E-state index contributed by atoms with van der Waals surface area (Å²) in [6.07, 6.45) is 1.69. The first kappa shape index (κ1) is 28.0. The fourth-order valence-corrected chi connectivity index (χ4v) is 6.28. The maximum atomic E-state index is 13.8. The van der Waals surface area contributed by atoms with E-state index in [4.69, 9.17) is 9.73 Å². The third-order valence-electron chi connectivity index (χ3n) is 7.40. The normalized spacial score (nSPS) is 21.1. The molecule has 0 bridgehead atoms. The summed E-state index contributed by atoms with van der Waals surface area (Å²) in [6, 6.07) is 7.84. The standard InChI is InChI=1S/C29H38N4O4S/c1-6-31(7-2)27(35)25-20(5)30-29-33(26(25)21-13-11-19(4)12-14-21)23(18-38-29)16-24(34)32-15-9-10-22(17-32)28(36)37-8-3/h11-14,18,22,26H,6-10,15-17H2,1-5H3. The van der Waals surface area contributed by atoms with Crippen LogP contribution in [0.25, 0.3) is 0 Å². The zero-order chi connectivity index (χ0) is 27.4. The number of nitrogens with zero attached hydrogens (tertiary/aromatic N) is 4. The number of allylic oxidation sites excluding steroid dienone is 1. The Morgan fingerprint density at radius 2 is 1.82 bits per heavy atom. The Balaban J connectivity index is 1.63. The number of rotatable bonds is 8. The third kappa shape index (κ3) is 5.67. The monoisotopic (exact) mass is 538 g/mol. The van der Waals surface area contributed by atoms with Gasteiger partial charge in [0.15, 0.2) is 5.17 Å². The number of esters is 1. The van der Waals surface area contributed by atoms with Crippen molar-refractivity contribution < 1.29 is 19.1 Å². The number of piperidine rings is 1. The van der Waals surface area contributed by atoms with Gasteiger partial charge in [-0.25, -0.2) is 4.99 Å². The number of likely N-dealkylation sites (N-methyl/N-ethyl adjacent to an activating group) is 1. The van der Waals surface area contributed by atoms with E-state index in [0.717, 1.165) is 34.8 Å². The van der Waals surface area contributed by atoms with Gasteiger partial charge in [0.25, 0.3) is 5.91 Å². The lowest BCUT2D eigenvalue weighted by Crippen LogP contribution is -2.44. The van der Waals surface area contributed by atoms with Gasteiger partial charge in [-0.1, -0.05) is 41.6 Å². The average molecular weight is 539 g/mol. The van der Waals surface area contributed by atoms with E-state index in [0.29, 0.717) is 44.1 Å². The molecule has 3 aliphatic heterocycles. The van der Waals surface area contributed by atoms with Gasteiger partial charge >= 0.3 is 5.97 Å². The molecule has 3 aliphatic rings. The Bertz CT molecular complexity index is 1170. The summed E-state index contributed by atoms with van der Waals surface area (Å²) < 4.78 is 5.21. The number of carbonyl (C=O) groups excluding carboxylic acids is 3. The number of hydrogen-bond acceptors (Lipinski definition) is 7. The van der Waals surface area contributed by atoms with Gasteiger partial charge in [0.2, 0.25) is 5.91 Å². The highest BCUT2D eigenvalue weighted by Gasteiger charge is 2.42. The van der Waals surface area contributed by atoms with Crippen LogP contribution in [-0.4, -0.2) is 70.4 Å². The van der Waals surface area contributed by atoms with Crippen molar-refractivity contribution in [2.45, 2.75) is 59.9 Å². The fraction of sp³-hybridized carbons (Fsp3) is 0.517. The Morgan fingerprint density at radius 3 is 2.47 bits per heavy atom. The number of fused-ring (bicyclic) bond motifs is 1. The van der Waals surface area contributed by atoms with Crippen LogP contribution in [-0.2, 0) is 19.1 Å². The van der Waals surface area contributed by atoms with Gasteiger partial charge < -0.3 is 19.4 Å². The van der Waals surface area contributed by atoms with Crippen molar-refractivity contribution in [2.24, 2.45) is 10.9 Å². The van der Waals surface area contributed by atoms with Crippen molar-refractivity contribution in [3.8, 4) is 0 Å². The number of aryl methyl sites for hydroxylation is 1. The molecule has 9 heteroatoms. The van der Waals surface area contributed by atoms with Gasteiger partial charge in [-0.2, -0.15) is 0 Å². The summed E-state index contributed by atoms with van der Waals surface area (Å²) >= 11 is 1.48. The van der Waals surface area contributed by atoms with Crippen LogP contribution in [0.3, 0.4) is 0 Å². The molecule has 3 heterocycles. The Kier molecular flexibility index (Phi) is 8.97. The number of likely N-dealkylation sites (tertiary alicyclic amines) is 1. The van der Waals surface area contributed by atoms with Gasteiger partial charge in [0.1, 0.15) is 0 Å². The molecule has 1 saturated heterocycles. The highest BCUT2D eigenvalue weighted by Crippen LogP contribution is 2.45. The lowest BCUT2D eigenvalue weighted by atomic mass is 9.92. The number of thioether (sulfide) groups is 1. The Labute approximate surface area is 229 Å². The molecule has 0 spiro atoms. The van der Waals surface area contributed by atoms with E-state index in [-0.39, 0.29) is 36.2 Å². The third-order valence-corrected chi connectivity index (χ3v) is 8.29. The first-order valence-electron chi connectivity index (χ1n) is 13.5.